The molecule has 0 aliphatic rings. The first-order valence-electron chi connectivity index (χ1n) is 8.86. The van der Waals surface area contributed by atoms with Gasteiger partial charge in [-0.2, -0.15) is 5.10 Å². The number of aryl methyl sites for hydroxylation is 2. The van der Waals surface area contributed by atoms with E-state index in [0.717, 1.165) is 34.5 Å². The van der Waals surface area contributed by atoms with Gasteiger partial charge in [0.15, 0.2) is 0 Å². The molecule has 0 spiro atoms. The van der Waals surface area contributed by atoms with Crippen LogP contribution in [0.2, 0.25) is 0 Å². The number of aliphatic carboxylic acids is 1. The lowest BCUT2D eigenvalue weighted by Crippen LogP contribution is -2.06. The van der Waals surface area contributed by atoms with E-state index in [1.165, 1.54) is 0 Å². The quantitative estimate of drug-likeness (QED) is 0.660. The lowest BCUT2D eigenvalue weighted by Gasteiger charge is -2.17. The molecule has 1 aromatic carbocycles. The Morgan fingerprint density at radius 3 is 2.59 bits per heavy atom. The number of anilines is 2. The standard InChI is InChI=1S/C20H23N5O2/c1-4-14(8-20(26)27)15-5-6-18(16-9-23-25(3)12-16)19(7-15)24-17-10-21-13(2)22-11-17/h5-7,9-12,14,24H,4,8H2,1-3H3,(H,26,27). The van der Waals surface area contributed by atoms with Crippen molar-refractivity contribution in [3.8, 4) is 11.1 Å². The van der Waals surface area contributed by atoms with E-state index in [4.69, 9.17) is 0 Å². The molecule has 2 heterocycles. The van der Waals surface area contributed by atoms with Crippen molar-refractivity contribution in [2.75, 3.05) is 5.32 Å². The second kappa shape index (κ2) is 7.99. The zero-order chi connectivity index (χ0) is 19.4. The molecule has 3 rings (SSSR count). The fourth-order valence-electron chi connectivity index (χ4n) is 3.05. The van der Waals surface area contributed by atoms with Crippen LogP contribution >= 0.6 is 0 Å². The Kier molecular flexibility index (Phi) is 5.49. The van der Waals surface area contributed by atoms with Gasteiger partial charge < -0.3 is 10.4 Å². The summed E-state index contributed by atoms with van der Waals surface area (Å²) >= 11 is 0. The van der Waals surface area contributed by atoms with E-state index in [9.17, 15) is 9.90 Å². The zero-order valence-corrected chi connectivity index (χ0v) is 15.7. The van der Waals surface area contributed by atoms with Crippen LogP contribution in [-0.2, 0) is 11.8 Å². The molecule has 1 atom stereocenters. The fourth-order valence-corrected chi connectivity index (χ4v) is 3.05. The molecule has 2 N–H and O–H groups in total. The molecule has 7 nitrogen and oxygen atoms in total. The van der Waals surface area contributed by atoms with Gasteiger partial charge in [0.25, 0.3) is 0 Å². The number of benzene rings is 1. The predicted molar refractivity (Wildman–Crippen MR) is 104 cm³/mol. The summed E-state index contributed by atoms with van der Waals surface area (Å²) in [4.78, 5) is 19.7. The smallest absolute Gasteiger partial charge is 0.303 e. The molecule has 0 saturated carbocycles. The SMILES string of the molecule is CCC(CC(=O)O)c1ccc(-c2cnn(C)c2)c(Nc2cnc(C)nc2)c1. The molecular weight excluding hydrogens is 342 g/mol. The summed E-state index contributed by atoms with van der Waals surface area (Å²) in [6, 6.07) is 6.02. The van der Waals surface area contributed by atoms with Crippen molar-refractivity contribution in [1.29, 1.82) is 0 Å². The number of carboxylic acid groups (broad SMARTS) is 1. The van der Waals surface area contributed by atoms with Crippen LogP contribution in [-0.4, -0.2) is 30.8 Å². The number of nitrogens with one attached hydrogen (secondary N) is 1. The predicted octanol–water partition coefficient (Wildman–Crippen LogP) is 3.90. The average Bonchev–Trinajstić information content (AvgIpc) is 3.07. The van der Waals surface area contributed by atoms with Gasteiger partial charge >= 0.3 is 5.97 Å². The molecule has 140 valence electrons. The second-order valence-electron chi connectivity index (χ2n) is 6.55. The number of rotatable bonds is 7. The molecule has 3 aromatic rings. The number of aromatic nitrogens is 4. The lowest BCUT2D eigenvalue weighted by molar-refractivity contribution is -0.137. The van der Waals surface area contributed by atoms with Gasteiger partial charge in [0.2, 0.25) is 0 Å². The third kappa shape index (κ3) is 4.49. The van der Waals surface area contributed by atoms with Gasteiger partial charge in [-0.05, 0) is 30.9 Å². The summed E-state index contributed by atoms with van der Waals surface area (Å²) in [5.41, 5.74) is 4.59. The van der Waals surface area contributed by atoms with Gasteiger partial charge in [-0.3, -0.25) is 9.48 Å². The number of nitrogens with zero attached hydrogens (tertiary/aromatic N) is 4. The average molecular weight is 365 g/mol. The summed E-state index contributed by atoms with van der Waals surface area (Å²) in [7, 11) is 1.87. The van der Waals surface area contributed by atoms with E-state index in [2.05, 4.69) is 20.4 Å². The van der Waals surface area contributed by atoms with E-state index < -0.39 is 5.97 Å². The van der Waals surface area contributed by atoms with Crippen LogP contribution in [0.4, 0.5) is 11.4 Å². The van der Waals surface area contributed by atoms with Gasteiger partial charge in [-0.25, -0.2) is 9.97 Å². The Balaban J connectivity index is 2.02. The summed E-state index contributed by atoms with van der Waals surface area (Å²) in [6.07, 6.45) is 8.08. The monoisotopic (exact) mass is 365 g/mol. The number of carboxylic acids is 1. The van der Waals surface area contributed by atoms with Crippen molar-refractivity contribution >= 4 is 17.3 Å². The molecular formula is C20H23N5O2. The van der Waals surface area contributed by atoms with Crippen molar-refractivity contribution in [2.45, 2.75) is 32.6 Å². The minimum absolute atomic E-state index is 0.0414. The molecule has 0 radical (unpaired) electrons. The van der Waals surface area contributed by atoms with E-state index in [1.807, 2.05) is 45.3 Å². The van der Waals surface area contributed by atoms with Crippen LogP contribution in [0.15, 0.2) is 43.0 Å². The highest BCUT2D eigenvalue weighted by Gasteiger charge is 2.17. The first kappa shape index (κ1) is 18.6. The first-order valence-corrected chi connectivity index (χ1v) is 8.86. The summed E-state index contributed by atoms with van der Waals surface area (Å²) < 4.78 is 1.75. The molecule has 0 aliphatic carbocycles. The Hall–Kier alpha value is -3.22. The van der Waals surface area contributed by atoms with Crippen LogP contribution in [0.3, 0.4) is 0 Å². The van der Waals surface area contributed by atoms with E-state index >= 15 is 0 Å². The maximum atomic E-state index is 11.2. The van der Waals surface area contributed by atoms with E-state index in [-0.39, 0.29) is 12.3 Å². The minimum atomic E-state index is -0.792. The van der Waals surface area contributed by atoms with Crippen molar-refractivity contribution in [3.05, 3.63) is 54.4 Å². The lowest BCUT2D eigenvalue weighted by atomic mass is 9.91. The maximum Gasteiger partial charge on any atom is 0.303 e. The summed E-state index contributed by atoms with van der Waals surface area (Å²) in [5.74, 6) is -0.130. The zero-order valence-electron chi connectivity index (χ0n) is 15.7. The van der Waals surface area contributed by atoms with Gasteiger partial charge in [0, 0.05) is 30.1 Å². The number of hydrogen-bond acceptors (Lipinski definition) is 5. The first-order chi connectivity index (χ1) is 13.0. The Labute approximate surface area is 158 Å². The van der Waals surface area contributed by atoms with Crippen LogP contribution in [0.25, 0.3) is 11.1 Å². The summed E-state index contributed by atoms with van der Waals surface area (Å²) in [6.45, 7) is 3.84. The normalized spacial score (nSPS) is 12.0. The highest BCUT2D eigenvalue weighted by Crippen LogP contribution is 2.34. The van der Waals surface area contributed by atoms with Crippen molar-refractivity contribution < 1.29 is 9.90 Å². The number of hydrogen-bond donors (Lipinski definition) is 2. The maximum absolute atomic E-state index is 11.2. The minimum Gasteiger partial charge on any atom is -0.481 e. The Bertz CT molecular complexity index is 934. The number of carbonyl (C=O) groups is 1. The van der Waals surface area contributed by atoms with Crippen molar-refractivity contribution in [1.82, 2.24) is 19.7 Å². The van der Waals surface area contributed by atoms with Crippen LogP contribution in [0.5, 0.6) is 0 Å². The van der Waals surface area contributed by atoms with E-state index in [1.54, 1.807) is 23.3 Å². The largest absolute Gasteiger partial charge is 0.481 e. The molecule has 1 unspecified atom stereocenters. The van der Waals surface area contributed by atoms with Crippen molar-refractivity contribution in [3.63, 3.8) is 0 Å². The van der Waals surface area contributed by atoms with Crippen molar-refractivity contribution in [2.24, 2.45) is 7.05 Å². The Morgan fingerprint density at radius 2 is 2.00 bits per heavy atom. The second-order valence-corrected chi connectivity index (χ2v) is 6.55. The topological polar surface area (TPSA) is 92.9 Å². The molecule has 7 heteroatoms. The summed E-state index contributed by atoms with van der Waals surface area (Å²) in [5, 5.41) is 16.8. The van der Waals surface area contributed by atoms with Crippen LogP contribution < -0.4 is 5.32 Å². The molecule has 0 bridgehead atoms. The molecule has 27 heavy (non-hydrogen) atoms. The van der Waals surface area contributed by atoms with Gasteiger partial charge in [-0.15, -0.1) is 0 Å². The highest BCUT2D eigenvalue weighted by molar-refractivity contribution is 5.81. The van der Waals surface area contributed by atoms with Gasteiger partial charge in [0.1, 0.15) is 5.82 Å². The van der Waals surface area contributed by atoms with Gasteiger partial charge in [-0.1, -0.05) is 19.1 Å². The third-order valence-electron chi connectivity index (χ3n) is 4.50. The Morgan fingerprint density at radius 1 is 1.26 bits per heavy atom. The molecule has 2 aromatic heterocycles. The van der Waals surface area contributed by atoms with Crippen LogP contribution in [0.1, 0.15) is 37.1 Å². The van der Waals surface area contributed by atoms with E-state index in [0.29, 0.717) is 5.82 Å². The van der Waals surface area contributed by atoms with Gasteiger partial charge in [0.05, 0.1) is 30.7 Å². The third-order valence-corrected chi connectivity index (χ3v) is 4.50. The highest BCUT2D eigenvalue weighted by atomic mass is 16.4. The molecule has 0 fully saturated rings. The molecule has 0 amide bonds. The fraction of sp³-hybridized carbons (Fsp3) is 0.300. The van der Waals surface area contributed by atoms with Crippen LogP contribution in [0, 0.1) is 6.92 Å². The molecule has 0 saturated heterocycles. The molecule has 0 aliphatic heterocycles.